The van der Waals surface area contributed by atoms with Gasteiger partial charge in [-0.3, -0.25) is 0 Å². The van der Waals surface area contributed by atoms with Gasteiger partial charge in [0.05, 0.1) is 11.6 Å². The van der Waals surface area contributed by atoms with E-state index in [2.05, 4.69) is 6.07 Å². The Morgan fingerprint density at radius 1 is 1.00 bits per heavy atom. The van der Waals surface area contributed by atoms with Crippen molar-refractivity contribution in [3.05, 3.63) is 59.2 Å². The third-order valence-corrected chi connectivity index (χ3v) is 3.37. The zero-order chi connectivity index (χ0) is 13.0. The molecule has 0 heterocycles. The Morgan fingerprint density at radius 2 is 1.83 bits per heavy atom. The van der Waals surface area contributed by atoms with Gasteiger partial charge in [0.1, 0.15) is 0 Å². The lowest BCUT2D eigenvalue weighted by atomic mass is 9.97. The molecule has 0 atom stereocenters. The molecule has 18 heavy (non-hydrogen) atoms. The van der Waals surface area contributed by atoms with Gasteiger partial charge < -0.3 is 0 Å². The fourth-order valence-corrected chi connectivity index (χ4v) is 2.25. The van der Waals surface area contributed by atoms with Gasteiger partial charge in [-0.25, -0.2) is 0 Å². The Kier molecular flexibility index (Phi) is 4.25. The van der Waals surface area contributed by atoms with E-state index in [1.165, 1.54) is 0 Å². The van der Waals surface area contributed by atoms with E-state index in [1.54, 1.807) is 6.07 Å². The molecule has 0 bridgehead atoms. The molecule has 2 aromatic rings. The largest absolute Gasteiger partial charge is 0.192 e. The summed E-state index contributed by atoms with van der Waals surface area (Å²) in [6.45, 7) is 0. The Morgan fingerprint density at radius 3 is 2.50 bits per heavy atom. The van der Waals surface area contributed by atoms with Crippen LogP contribution in [0.15, 0.2) is 42.5 Å². The smallest absolute Gasteiger partial charge is 0.0991 e. The quantitative estimate of drug-likeness (QED) is 0.745. The molecule has 0 aliphatic heterocycles. The molecular weight excluding hydrogens is 265 g/mol. The molecule has 0 fully saturated rings. The molecule has 2 rings (SSSR count). The zero-order valence-corrected chi connectivity index (χ0v) is 11.2. The molecule has 0 aliphatic rings. The summed E-state index contributed by atoms with van der Waals surface area (Å²) in [7, 11) is 0. The SMILES string of the molecule is N#Cc1ccc(CCl)c(-c2cccc(CCl)c2)c1. The Bertz CT molecular complexity index is 600. The van der Waals surface area contributed by atoms with Crippen LogP contribution < -0.4 is 0 Å². The molecule has 0 radical (unpaired) electrons. The van der Waals surface area contributed by atoms with Crippen molar-refractivity contribution in [2.45, 2.75) is 11.8 Å². The maximum Gasteiger partial charge on any atom is 0.0991 e. The average Bonchev–Trinajstić information content (AvgIpc) is 2.46. The van der Waals surface area contributed by atoms with Crippen LogP contribution >= 0.6 is 23.2 Å². The minimum Gasteiger partial charge on any atom is -0.192 e. The first-order valence-electron chi connectivity index (χ1n) is 5.52. The van der Waals surface area contributed by atoms with E-state index in [0.29, 0.717) is 17.3 Å². The number of nitrogens with zero attached hydrogens (tertiary/aromatic N) is 1. The summed E-state index contributed by atoms with van der Waals surface area (Å²) in [6, 6.07) is 15.7. The standard InChI is InChI=1S/C15H11Cl2N/c16-8-11-2-1-3-13(6-11)15-7-12(10-18)4-5-14(15)9-17/h1-7H,8-9H2. The summed E-state index contributed by atoms with van der Waals surface area (Å²) >= 11 is 11.8. The number of hydrogen-bond donors (Lipinski definition) is 0. The minimum atomic E-state index is 0.423. The first kappa shape index (κ1) is 13.0. The minimum absolute atomic E-state index is 0.423. The molecule has 1 nitrogen and oxygen atoms in total. The number of hydrogen-bond acceptors (Lipinski definition) is 1. The highest BCUT2D eigenvalue weighted by molar-refractivity contribution is 6.17. The molecule has 3 heteroatoms. The van der Waals surface area contributed by atoms with Gasteiger partial charge in [0, 0.05) is 11.8 Å². The summed E-state index contributed by atoms with van der Waals surface area (Å²) in [5.74, 6) is 0.897. The molecule has 0 unspecified atom stereocenters. The van der Waals surface area contributed by atoms with Gasteiger partial charge in [-0.2, -0.15) is 5.26 Å². The first-order valence-corrected chi connectivity index (χ1v) is 6.59. The van der Waals surface area contributed by atoms with Crippen molar-refractivity contribution in [2.24, 2.45) is 0 Å². The van der Waals surface area contributed by atoms with Gasteiger partial charge in [-0.1, -0.05) is 24.3 Å². The monoisotopic (exact) mass is 275 g/mol. The lowest BCUT2D eigenvalue weighted by Crippen LogP contribution is -1.89. The maximum absolute atomic E-state index is 8.97. The van der Waals surface area contributed by atoms with Crippen molar-refractivity contribution >= 4 is 23.2 Å². The molecular formula is C15H11Cl2N. The number of halogens is 2. The Hall–Kier alpha value is -1.49. The number of rotatable bonds is 3. The third kappa shape index (κ3) is 2.67. The van der Waals surface area contributed by atoms with Crippen molar-refractivity contribution in [3.8, 4) is 17.2 Å². The maximum atomic E-state index is 8.97. The zero-order valence-electron chi connectivity index (χ0n) is 9.66. The van der Waals surface area contributed by atoms with E-state index in [9.17, 15) is 0 Å². The van der Waals surface area contributed by atoms with Crippen LogP contribution in [0.3, 0.4) is 0 Å². The number of nitriles is 1. The van der Waals surface area contributed by atoms with Crippen LogP contribution in [0, 0.1) is 11.3 Å². The van der Waals surface area contributed by atoms with E-state index in [0.717, 1.165) is 22.3 Å². The molecule has 0 N–H and O–H groups in total. The lowest BCUT2D eigenvalue weighted by Gasteiger charge is -2.09. The number of alkyl halides is 2. The van der Waals surface area contributed by atoms with Crippen molar-refractivity contribution in [2.75, 3.05) is 0 Å². The topological polar surface area (TPSA) is 23.8 Å². The molecule has 90 valence electrons. The van der Waals surface area contributed by atoms with Crippen LogP contribution in [0.4, 0.5) is 0 Å². The molecule has 0 aliphatic carbocycles. The predicted molar refractivity (Wildman–Crippen MR) is 75.7 cm³/mol. The fraction of sp³-hybridized carbons (Fsp3) is 0.133. The van der Waals surface area contributed by atoms with Crippen LogP contribution in [0.2, 0.25) is 0 Å². The molecule has 0 amide bonds. The third-order valence-electron chi connectivity index (χ3n) is 2.78. The van der Waals surface area contributed by atoms with E-state index in [1.807, 2.05) is 36.4 Å². The molecule has 0 saturated carbocycles. The average molecular weight is 276 g/mol. The number of benzene rings is 2. The van der Waals surface area contributed by atoms with Crippen LogP contribution in [0.25, 0.3) is 11.1 Å². The van der Waals surface area contributed by atoms with E-state index in [4.69, 9.17) is 28.5 Å². The molecule has 2 aromatic carbocycles. The highest BCUT2D eigenvalue weighted by Crippen LogP contribution is 2.27. The van der Waals surface area contributed by atoms with Gasteiger partial charge in [-0.15, -0.1) is 23.2 Å². The normalized spacial score (nSPS) is 10.1. The second-order valence-electron chi connectivity index (χ2n) is 3.95. The fourth-order valence-electron chi connectivity index (χ4n) is 1.85. The van der Waals surface area contributed by atoms with Gasteiger partial charge in [0.15, 0.2) is 0 Å². The lowest BCUT2D eigenvalue weighted by molar-refractivity contribution is 1.36. The predicted octanol–water partition coefficient (Wildman–Crippen LogP) is 4.70. The van der Waals surface area contributed by atoms with Gasteiger partial charge >= 0.3 is 0 Å². The van der Waals surface area contributed by atoms with Crippen molar-refractivity contribution in [1.29, 1.82) is 5.26 Å². The molecule has 0 saturated heterocycles. The Balaban J connectivity index is 2.57. The highest BCUT2D eigenvalue weighted by Gasteiger charge is 2.06. The van der Waals surface area contributed by atoms with Crippen LogP contribution in [-0.4, -0.2) is 0 Å². The summed E-state index contributed by atoms with van der Waals surface area (Å²) in [6.07, 6.45) is 0. The highest BCUT2D eigenvalue weighted by atomic mass is 35.5. The summed E-state index contributed by atoms with van der Waals surface area (Å²) in [5, 5.41) is 8.97. The van der Waals surface area contributed by atoms with Crippen molar-refractivity contribution < 1.29 is 0 Å². The van der Waals surface area contributed by atoms with Crippen molar-refractivity contribution in [3.63, 3.8) is 0 Å². The van der Waals surface area contributed by atoms with Crippen LogP contribution in [-0.2, 0) is 11.8 Å². The van der Waals surface area contributed by atoms with Gasteiger partial charge in [0.25, 0.3) is 0 Å². The van der Waals surface area contributed by atoms with E-state index < -0.39 is 0 Å². The molecule has 0 aromatic heterocycles. The summed E-state index contributed by atoms with van der Waals surface area (Å²) in [5.41, 5.74) is 4.74. The van der Waals surface area contributed by atoms with Crippen LogP contribution in [0.1, 0.15) is 16.7 Å². The Labute approximate surface area is 117 Å². The van der Waals surface area contributed by atoms with Gasteiger partial charge in [-0.05, 0) is 40.5 Å². The summed E-state index contributed by atoms with van der Waals surface area (Å²) in [4.78, 5) is 0. The van der Waals surface area contributed by atoms with Gasteiger partial charge in [0.2, 0.25) is 0 Å². The van der Waals surface area contributed by atoms with E-state index in [-0.39, 0.29) is 0 Å². The molecule has 0 spiro atoms. The van der Waals surface area contributed by atoms with Crippen LogP contribution in [0.5, 0.6) is 0 Å². The summed E-state index contributed by atoms with van der Waals surface area (Å²) < 4.78 is 0. The second-order valence-corrected chi connectivity index (χ2v) is 4.49. The second kappa shape index (κ2) is 5.91. The van der Waals surface area contributed by atoms with Crippen molar-refractivity contribution in [1.82, 2.24) is 0 Å². The van der Waals surface area contributed by atoms with E-state index >= 15 is 0 Å². The first-order chi connectivity index (χ1) is 8.78.